The highest BCUT2D eigenvalue weighted by atomic mass is 15.1. The molecule has 0 atom stereocenters. The lowest BCUT2D eigenvalue weighted by Gasteiger charge is -2.26. The minimum absolute atomic E-state index is 1.11. The standard InChI is InChI=1S/C48H34N2/c1-5-16-35(17-6-1)46-33-36(37-29-31-45-44-26-13-14-27-47(44)50(48(45)34-37)41-23-11-4-12-24-41)28-30-43(46)38-18-15-25-42(32-38)49(39-19-7-2-8-20-39)40-21-9-3-10-22-40/h1-34H. The van der Waals surface area contributed by atoms with Crippen LogP contribution in [-0.2, 0) is 0 Å². The molecule has 0 N–H and O–H groups in total. The Morgan fingerprint density at radius 3 is 1.56 bits per heavy atom. The molecular weight excluding hydrogens is 605 g/mol. The first-order valence-electron chi connectivity index (χ1n) is 17.1. The first-order valence-corrected chi connectivity index (χ1v) is 17.1. The number of hydrogen-bond acceptors (Lipinski definition) is 1. The molecule has 1 aromatic heterocycles. The van der Waals surface area contributed by atoms with E-state index in [1.807, 2.05) is 0 Å². The molecule has 0 spiro atoms. The molecule has 9 aromatic rings. The second kappa shape index (κ2) is 12.8. The summed E-state index contributed by atoms with van der Waals surface area (Å²) in [6, 6.07) is 74.0. The van der Waals surface area contributed by atoms with Gasteiger partial charge >= 0.3 is 0 Å². The molecule has 0 aliphatic carbocycles. The lowest BCUT2D eigenvalue weighted by Crippen LogP contribution is -2.09. The smallest absolute Gasteiger partial charge is 0.0547 e. The van der Waals surface area contributed by atoms with Gasteiger partial charge in [0.05, 0.1) is 11.0 Å². The summed E-state index contributed by atoms with van der Waals surface area (Å²) in [5.74, 6) is 0. The molecular formula is C48H34N2. The lowest BCUT2D eigenvalue weighted by atomic mass is 9.90. The van der Waals surface area contributed by atoms with Crippen molar-refractivity contribution in [1.29, 1.82) is 0 Å². The number of nitrogens with zero attached hydrogens (tertiary/aromatic N) is 2. The highest BCUT2D eigenvalue weighted by Gasteiger charge is 2.17. The first-order chi connectivity index (χ1) is 24.8. The van der Waals surface area contributed by atoms with Gasteiger partial charge < -0.3 is 9.47 Å². The maximum Gasteiger partial charge on any atom is 0.0547 e. The second-order valence-corrected chi connectivity index (χ2v) is 12.6. The van der Waals surface area contributed by atoms with E-state index >= 15 is 0 Å². The zero-order valence-electron chi connectivity index (χ0n) is 27.5. The molecule has 50 heavy (non-hydrogen) atoms. The van der Waals surface area contributed by atoms with E-state index in [0.29, 0.717) is 0 Å². The summed E-state index contributed by atoms with van der Waals surface area (Å²) in [5.41, 5.74) is 14.1. The molecule has 9 rings (SSSR count). The lowest BCUT2D eigenvalue weighted by molar-refractivity contribution is 1.18. The van der Waals surface area contributed by atoms with Crippen LogP contribution in [0.3, 0.4) is 0 Å². The molecule has 2 heteroatoms. The summed E-state index contributed by atoms with van der Waals surface area (Å²) < 4.78 is 2.39. The summed E-state index contributed by atoms with van der Waals surface area (Å²) in [4.78, 5) is 2.32. The largest absolute Gasteiger partial charge is 0.310 e. The van der Waals surface area contributed by atoms with Crippen molar-refractivity contribution < 1.29 is 0 Å². The van der Waals surface area contributed by atoms with Crippen LogP contribution < -0.4 is 4.90 Å². The van der Waals surface area contributed by atoms with E-state index in [2.05, 4.69) is 216 Å². The van der Waals surface area contributed by atoms with Crippen LogP contribution in [0, 0.1) is 0 Å². The molecule has 0 bridgehead atoms. The average Bonchev–Trinajstić information content (AvgIpc) is 3.53. The van der Waals surface area contributed by atoms with E-state index in [4.69, 9.17) is 0 Å². The molecule has 0 saturated carbocycles. The normalized spacial score (nSPS) is 11.2. The maximum atomic E-state index is 2.39. The minimum Gasteiger partial charge on any atom is -0.310 e. The maximum absolute atomic E-state index is 2.39. The predicted octanol–water partition coefficient (Wildman–Crippen LogP) is 13.3. The number of anilines is 3. The van der Waals surface area contributed by atoms with Crippen LogP contribution in [0.2, 0.25) is 0 Å². The molecule has 236 valence electrons. The van der Waals surface area contributed by atoms with Gasteiger partial charge in [0.2, 0.25) is 0 Å². The van der Waals surface area contributed by atoms with E-state index in [9.17, 15) is 0 Å². The van der Waals surface area contributed by atoms with Crippen LogP contribution in [-0.4, -0.2) is 4.57 Å². The Balaban J connectivity index is 1.20. The Hall–Kier alpha value is -6.64. The minimum atomic E-state index is 1.11. The Morgan fingerprint density at radius 1 is 0.300 bits per heavy atom. The topological polar surface area (TPSA) is 8.17 Å². The van der Waals surface area contributed by atoms with Crippen molar-refractivity contribution in [2.75, 3.05) is 4.90 Å². The van der Waals surface area contributed by atoms with E-state index in [1.54, 1.807) is 0 Å². The van der Waals surface area contributed by atoms with Gasteiger partial charge in [0, 0.05) is 33.5 Å². The van der Waals surface area contributed by atoms with E-state index in [0.717, 1.165) is 22.7 Å². The first kappa shape index (κ1) is 29.5. The van der Waals surface area contributed by atoms with Crippen molar-refractivity contribution in [2.24, 2.45) is 0 Å². The molecule has 0 radical (unpaired) electrons. The fourth-order valence-electron chi connectivity index (χ4n) is 7.25. The molecule has 1 heterocycles. The van der Waals surface area contributed by atoms with Crippen molar-refractivity contribution in [2.45, 2.75) is 0 Å². The third-order valence-electron chi connectivity index (χ3n) is 9.57. The zero-order chi connectivity index (χ0) is 33.3. The van der Waals surface area contributed by atoms with Gasteiger partial charge in [0.1, 0.15) is 0 Å². The van der Waals surface area contributed by atoms with Crippen LogP contribution in [0.15, 0.2) is 206 Å². The van der Waals surface area contributed by atoms with Crippen molar-refractivity contribution in [3.63, 3.8) is 0 Å². The van der Waals surface area contributed by atoms with Gasteiger partial charge in [-0.3, -0.25) is 0 Å². The number of para-hydroxylation sites is 4. The van der Waals surface area contributed by atoms with Gasteiger partial charge in [0.15, 0.2) is 0 Å². The number of rotatable bonds is 7. The molecule has 0 aliphatic heterocycles. The fourth-order valence-corrected chi connectivity index (χ4v) is 7.25. The van der Waals surface area contributed by atoms with Gasteiger partial charge in [-0.1, -0.05) is 140 Å². The third-order valence-corrected chi connectivity index (χ3v) is 9.57. The second-order valence-electron chi connectivity index (χ2n) is 12.6. The van der Waals surface area contributed by atoms with Crippen LogP contribution in [0.25, 0.3) is 60.9 Å². The SMILES string of the molecule is c1ccc(-c2cc(-c3ccc4c5ccccc5n(-c5ccccc5)c4c3)ccc2-c2cccc(N(c3ccccc3)c3ccccc3)c2)cc1. The molecule has 8 aromatic carbocycles. The van der Waals surface area contributed by atoms with Crippen LogP contribution >= 0.6 is 0 Å². The molecule has 2 nitrogen and oxygen atoms in total. The molecule has 0 aliphatic rings. The van der Waals surface area contributed by atoms with Gasteiger partial charge in [-0.15, -0.1) is 0 Å². The highest BCUT2D eigenvalue weighted by Crippen LogP contribution is 2.41. The highest BCUT2D eigenvalue weighted by molar-refractivity contribution is 6.10. The van der Waals surface area contributed by atoms with E-state index in [-0.39, 0.29) is 0 Å². The zero-order valence-corrected chi connectivity index (χ0v) is 27.5. The van der Waals surface area contributed by atoms with Crippen LogP contribution in [0.4, 0.5) is 17.1 Å². The monoisotopic (exact) mass is 638 g/mol. The summed E-state index contributed by atoms with van der Waals surface area (Å²) in [5, 5.41) is 2.52. The van der Waals surface area contributed by atoms with Gasteiger partial charge in [-0.05, 0) is 100 Å². The molecule has 0 unspecified atom stereocenters. The van der Waals surface area contributed by atoms with Crippen molar-refractivity contribution >= 4 is 38.9 Å². The fraction of sp³-hybridized carbons (Fsp3) is 0. The van der Waals surface area contributed by atoms with Crippen molar-refractivity contribution in [1.82, 2.24) is 4.57 Å². The number of fused-ring (bicyclic) bond motifs is 3. The summed E-state index contributed by atoms with van der Waals surface area (Å²) in [7, 11) is 0. The molecule has 0 saturated heterocycles. The number of hydrogen-bond donors (Lipinski definition) is 0. The Kier molecular flexibility index (Phi) is 7.53. The van der Waals surface area contributed by atoms with Crippen molar-refractivity contribution in [3.8, 4) is 39.1 Å². The van der Waals surface area contributed by atoms with Gasteiger partial charge in [-0.25, -0.2) is 0 Å². The summed E-state index contributed by atoms with van der Waals surface area (Å²) in [6.45, 7) is 0. The number of benzene rings is 8. The molecule has 0 amide bonds. The third kappa shape index (κ3) is 5.34. The Bertz CT molecular complexity index is 2530. The molecule has 0 fully saturated rings. The Labute approximate surface area is 292 Å². The summed E-state index contributed by atoms with van der Waals surface area (Å²) >= 11 is 0. The van der Waals surface area contributed by atoms with E-state index < -0.39 is 0 Å². The van der Waals surface area contributed by atoms with Gasteiger partial charge in [-0.2, -0.15) is 0 Å². The predicted molar refractivity (Wildman–Crippen MR) is 212 cm³/mol. The quantitative estimate of drug-likeness (QED) is 0.169. The summed E-state index contributed by atoms with van der Waals surface area (Å²) in [6.07, 6.45) is 0. The van der Waals surface area contributed by atoms with Gasteiger partial charge in [0.25, 0.3) is 0 Å². The average molecular weight is 639 g/mol. The van der Waals surface area contributed by atoms with E-state index in [1.165, 1.54) is 55.2 Å². The number of aromatic nitrogens is 1. The van der Waals surface area contributed by atoms with Crippen LogP contribution in [0.1, 0.15) is 0 Å². The van der Waals surface area contributed by atoms with Crippen molar-refractivity contribution in [3.05, 3.63) is 206 Å². The Morgan fingerprint density at radius 2 is 0.840 bits per heavy atom. The van der Waals surface area contributed by atoms with Crippen LogP contribution in [0.5, 0.6) is 0 Å².